The second kappa shape index (κ2) is 5.37. The molecule has 1 N–H and O–H groups in total. The van der Waals surface area contributed by atoms with E-state index in [4.69, 9.17) is 9.63 Å². The minimum absolute atomic E-state index is 0.143. The molecule has 0 saturated carbocycles. The summed E-state index contributed by atoms with van der Waals surface area (Å²) in [5.41, 5.74) is 5.18. The summed E-state index contributed by atoms with van der Waals surface area (Å²) in [4.78, 5) is 4.15. The smallest absolute Gasteiger partial charge is 0.252 e. The predicted molar refractivity (Wildman–Crippen MR) is 77.6 cm³/mol. The number of hydrogen-bond donors (Lipinski definition) is 1. The number of nitrogens with zero attached hydrogens (tertiary/aromatic N) is 2. The molecule has 0 aliphatic heterocycles. The van der Waals surface area contributed by atoms with Crippen LogP contribution in [-0.2, 0) is 18.4 Å². The molecule has 0 aliphatic carbocycles. The Kier molecular flexibility index (Phi) is 3.95. The van der Waals surface area contributed by atoms with E-state index in [9.17, 15) is 0 Å². The van der Waals surface area contributed by atoms with Crippen LogP contribution >= 0.6 is 0 Å². The summed E-state index contributed by atoms with van der Waals surface area (Å²) in [6.45, 7) is 10.7. The third-order valence-corrected chi connectivity index (χ3v) is 3.54. The first kappa shape index (κ1) is 14.7. The predicted octanol–water partition coefficient (Wildman–Crippen LogP) is 3.07. The summed E-state index contributed by atoms with van der Waals surface area (Å²) >= 11 is 0. The van der Waals surface area contributed by atoms with Gasteiger partial charge in [-0.25, -0.2) is 0 Å². The van der Waals surface area contributed by atoms with E-state index in [-0.39, 0.29) is 17.9 Å². The zero-order valence-corrected chi connectivity index (χ0v) is 12.8. The third kappa shape index (κ3) is 3.07. The zero-order valence-electron chi connectivity index (χ0n) is 12.8. The fraction of sp³-hybridized carbons (Fsp3) is 0.500. The van der Waals surface area contributed by atoms with Crippen molar-refractivity contribution in [2.75, 3.05) is 0 Å². The van der Waals surface area contributed by atoms with Crippen molar-refractivity contribution >= 4 is 0 Å². The molecule has 4 nitrogen and oxygen atoms in total. The normalized spacial score (nSPS) is 11.9. The van der Waals surface area contributed by atoms with Crippen molar-refractivity contribution in [3.8, 4) is 0 Å². The Morgan fingerprint density at radius 3 is 2.20 bits per heavy atom. The van der Waals surface area contributed by atoms with Crippen molar-refractivity contribution in [3.05, 3.63) is 46.1 Å². The molecule has 0 aliphatic rings. The van der Waals surface area contributed by atoms with Gasteiger partial charge in [0.2, 0.25) is 0 Å². The highest BCUT2D eigenvalue weighted by atomic mass is 16.5. The number of rotatable bonds is 3. The lowest BCUT2D eigenvalue weighted by atomic mass is 9.83. The topological polar surface area (TPSA) is 59.2 Å². The average Bonchev–Trinajstić information content (AvgIpc) is 2.80. The molecule has 0 bridgehead atoms. The maximum atomic E-state index is 8.96. The summed E-state index contributed by atoms with van der Waals surface area (Å²) in [7, 11) is 0. The van der Waals surface area contributed by atoms with E-state index in [0.717, 1.165) is 0 Å². The molecule has 0 spiro atoms. The first-order valence-corrected chi connectivity index (χ1v) is 6.84. The lowest BCUT2D eigenvalue weighted by molar-refractivity contribution is 0.222. The Bertz CT molecular complexity index is 586. The van der Waals surface area contributed by atoms with Gasteiger partial charge in [-0.05, 0) is 41.5 Å². The molecule has 1 heterocycles. The summed E-state index contributed by atoms with van der Waals surface area (Å²) in [5.74, 6) is 0.880. The molecule has 0 radical (unpaired) electrons. The zero-order chi connectivity index (χ0) is 14.9. The highest BCUT2D eigenvalue weighted by molar-refractivity contribution is 5.41. The van der Waals surface area contributed by atoms with Crippen LogP contribution in [0.5, 0.6) is 0 Å². The van der Waals surface area contributed by atoms with Crippen LogP contribution in [0.4, 0.5) is 0 Å². The molecule has 0 fully saturated rings. The minimum atomic E-state index is -0.214. The van der Waals surface area contributed by atoms with Crippen LogP contribution in [0.15, 0.2) is 16.7 Å². The van der Waals surface area contributed by atoms with Crippen LogP contribution in [0, 0.1) is 13.8 Å². The van der Waals surface area contributed by atoms with Gasteiger partial charge in [-0.1, -0.05) is 38.1 Å². The van der Waals surface area contributed by atoms with Crippen LogP contribution in [0.1, 0.15) is 54.7 Å². The molecular weight excluding hydrogens is 252 g/mol. The molecule has 0 amide bonds. The van der Waals surface area contributed by atoms with Gasteiger partial charge in [-0.3, -0.25) is 0 Å². The number of hydrogen-bond acceptors (Lipinski definition) is 4. The van der Waals surface area contributed by atoms with Crippen LogP contribution in [-0.4, -0.2) is 15.2 Å². The summed E-state index contributed by atoms with van der Waals surface area (Å²) in [5, 5.41) is 12.8. The maximum absolute atomic E-state index is 8.96. The molecule has 20 heavy (non-hydrogen) atoms. The molecule has 108 valence electrons. The minimum Gasteiger partial charge on any atom is -0.387 e. The Morgan fingerprint density at radius 2 is 1.75 bits per heavy atom. The molecule has 0 unspecified atom stereocenters. The van der Waals surface area contributed by atoms with Gasteiger partial charge in [-0.15, -0.1) is 0 Å². The average molecular weight is 274 g/mol. The van der Waals surface area contributed by atoms with Crippen molar-refractivity contribution in [2.24, 2.45) is 0 Å². The van der Waals surface area contributed by atoms with Gasteiger partial charge in [0.15, 0.2) is 5.82 Å². The molecule has 2 aromatic rings. The van der Waals surface area contributed by atoms with E-state index in [2.05, 4.69) is 56.9 Å². The molecule has 2 rings (SSSR count). The number of benzene rings is 1. The van der Waals surface area contributed by atoms with E-state index in [1.54, 1.807) is 0 Å². The van der Waals surface area contributed by atoms with Crippen LogP contribution in [0.25, 0.3) is 0 Å². The number of aliphatic hydroxyl groups is 1. The fourth-order valence-corrected chi connectivity index (χ4v) is 2.29. The number of aryl methyl sites for hydroxylation is 2. The van der Waals surface area contributed by atoms with Crippen LogP contribution < -0.4 is 0 Å². The van der Waals surface area contributed by atoms with E-state index < -0.39 is 0 Å². The van der Waals surface area contributed by atoms with Crippen molar-refractivity contribution < 1.29 is 9.63 Å². The Balaban J connectivity index is 2.33. The summed E-state index contributed by atoms with van der Waals surface area (Å²) in [6, 6.07) is 4.46. The molecule has 0 atom stereocenters. The Hall–Kier alpha value is -1.68. The second-order valence-corrected chi connectivity index (χ2v) is 6.28. The summed E-state index contributed by atoms with van der Waals surface area (Å²) < 4.78 is 4.93. The van der Waals surface area contributed by atoms with Gasteiger partial charge in [-0.2, -0.15) is 4.98 Å². The van der Waals surface area contributed by atoms with E-state index in [1.807, 2.05) is 0 Å². The highest BCUT2D eigenvalue weighted by Gasteiger charge is 2.17. The Morgan fingerprint density at radius 1 is 1.15 bits per heavy atom. The molecular formula is C16H22N2O2. The van der Waals surface area contributed by atoms with Gasteiger partial charge < -0.3 is 9.63 Å². The van der Waals surface area contributed by atoms with Gasteiger partial charge >= 0.3 is 0 Å². The quantitative estimate of drug-likeness (QED) is 0.934. The largest absolute Gasteiger partial charge is 0.387 e. The number of aromatic nitrogens is 2. The van der Waals surface area contributed by atoms with Crippen LogP contribution in [0.3, 0.4) is 0 Å². The number of aliphatic hydroxyl groups excluding tert-OH is 1. The van der Waals surface area contributed by atoms with Gasteiger partial charge in [0.05, 0.1) is 0 Å². The molecule has 4 heteroatoms. The van der Waals surface area contributed by atoms with Gasteiger partial charge in [0.1, 0.15) is 6.61 Å². The second-order valence-electron chi connectivity index (χ2n) is 6.28. The monoisotopic (exact) mass is 274 g/mol. The lowest BCUT2D eigenvalue weighted by Gasteiger charge is -2.22. The Labute approximate surface area is 119 Å². The molecule has 1 aromatic carbocycles. The molecule has 0 saturated heterocycles. The van der Waals surface area contributed by atoms with E-state index in [1.165, 1.54) is 22.3 Å². The maximum Gasteiger partial charge on any atom is 0.252 e. The van der Waals surface area contributed by atoms with Crippen molar-refractivity contribution in [1.82, 2.24) is 10.1 Å². The van der Waals surface area contributed by atoms with E-state index in [0.29, 0.717) is 12.2 Å². The molecule has 1 aromatic heterocycles. The van der Waals surface area contributed by atoms with Crippen molar-refractivity contribution in [3.63, 3.8) is 0 Å². The van der Waals surface area contributed by atoms with E-state index >= 15 is 0 Å². The lowest BCUT2D eigenvalue weighted by Crippen LogP contribution is -2.12. The SMILES string of the molecule is Cc1cc(C(C)(C)C)cc(C)c1Cc1noc(CO)n1. The van der Waals surface area contributed by atoms with Crippen molar-refractivity contribution in [1.29, 1.82) is 0 Å². The van der Waals surface area contributed by atoms with Gasteiger partial charge in [0.25, 0.3) is 5.89 Å². The van der Waals surface area contributed by atoms with Crippen molar-refractivity contribution in [2.45, 2.75) is 53.1 Å². The first-order chi connectivity index (χ1) is 9.31. The standard InChI is InChI=1S/C16H22N2O2/c1-10-6-12(16(3,4)5)7-11(2)13(10)8-14-17-15(9-19)20-18-14/h6-7,19H,8-9H2,1-5H3. The van der Waals surface area contributed by atoms with Gasteiger partial charge in [0, 0.05) is 6.42 Å². The third-order valence-electron chi connectivity index (χ3n) is 3.54. The summed E-state index contributed by atoms with van der Waals surface area (Å²) in [6.07, 6.45) is 0.631. The first-order valence-electron chi connectivity index (χ1n) is 6.84. The van der Waals surface area contributed by atoms with Crippen LogP contribution in [0.2, 0.25) is 0 Å². The highest BCUT2D eigenvalue weighted by Crippen LogP contribution is 2.27. The fourth-order valence-electron chi connectivity index (χ4n) is 2.29.